The van der Waals surface area contributed by atoms with Gasteiger partial charge >= 0.3 is 5.69 Å². The van der Waals surface area contributed by atoms with Gasteiger partial charge in [-0.1, -0.05) is 13.8 Å². The molecule has 0 aliphatic heterocycles. The summed E-state index contributed by atoms with van der Waals surface area (Å²) < 4.78 is 0.385. The van der Waals surface area contributed by atoms with Crippen LogP contribution in [-0.2, 0) is 0 Å². The van der Waals surface area contributed by atoms with Gasteiger partial charge in [0.1, 0.15) is 0 Å². The molecule has 0 spiro atoms. The average molecular weight is 221 g/mol. The molecule has 0 aliphatic carbocycles. The zero-order chi connectivity index (χ0) is 8.85. The van der Waals surface area contributed by atoms with Gasteiger partial charge in [-0.2, -0.15) is 0 Å². The molecule has 0 radical (unpaired) electrons. The molecule has 1 aromatic heterocycles. The van der Waals surface area contributed by atoms with Crippen LogP contribution in [0.25, 0.3) is 0 Å². The molecule has 0 fully saturated rings. The SMILES string of the molecule is CC.O=c1cc(Br)[nH]c(=O)[nH]1. The number of aromatic nitrogens is 2. The van der Waals surface area contributed by atoms with Crippen LogP contribution in [0.2, 0.25) is 0 Å². The van der Waals surface area contributed by atoms with E-state index in [4.69, 9.17) is 0 Å². The molecule has 2 N–H and O–H groups in total. The van der Waals surface area contributed by atoms with Crippen LogP contribution in [0.5, 0.6) is 0 Å². The van der Waals surface area contributed by atoms with Crippen molar-refractivity contribution in [1.29, 1.82) is 0 Å². The monoisotopic (exact) mass is 220 g/mol. The van der Waals surface area contributed by atoms with Crippen molar-refractivity contribution in [3.05, 3.63) is 31.5 Å². The molecule has 0 atom stereocenters. The maximum Gasteiger partial charge on any atom is 0.326 e. The maximum atomic E-state index is 10.4. The van der Waals surface area contributed by atoms with Crippen LogP contribution in [0.1, 0.15) is 13.8 Å². The van der Waals surface area contributed by atoms with Gasteiger partial charge in [0.2, 0.25) is 0 Å². The normalized spacial score (nSPS) is 8.27. The molecule has 0 bridgehead atoms. The van der Waals surface area contributed by atoms with Crippen molar-refractivity contribution in [2.75, 3.05) is 0 Å². The van der Waals surface area contributed by atoms with Crippen LogP contribution in [0, 0.1) is 0 Å². The Morgan fingerprint density at radius 2 is 1.82 bits per heavy atom. The van der Waals surface area contributed by atoms with E-state index in [1.54, 1.807) is 0 Å². The number of aromatic amines is 2. The second-order valence-corrected chi connectivity index (χ2v) is 2.29. The molecule has 0 aliphatic rings. The van der Waals surface area contributed by atoms with Gasteiger partial charge < -0.3 is 4.98 Å². The summed E-state index contributed by atoms with van der Waals surface area (Å²) in [5.41, 5.74) is -0.917. The van der Waals surface area contributed by atoms with E-state index in [-0.39, 0.29) is 0 Å². The fourth-order valence-corrected chi connectivity index (χ4v) is 0.827. The molecule has 5 heteroatoms. The molecular formula is C6H9BrN2O2. The highest BCUT2D eigenvalue weighted by Crippen LogP contribution is 1.94. The summed E-state index contributed by atoms with van der Waals surface area (Å²) in [6, 6.07) is 1.24. The topological polar surface area (TPSA) is 65.7 Å². The number of hydrogen-bond acceptors (Lipinski definition) is 2. The Labute approximate surface area is 71.8 Å². The highest BCUT2D eigenvalue weighted by atomic mass is 79.9. The summed E-state index contributed by atoms with van der Waals surface area (Å²) in [5.74, 6) is 0. The number of halogens is 1. The first kappa shape index (κ1) is 10.2. The molecule has 0 unspecified atom stereocenters. The van der Waals surface area contributed by atoms with Gasteiger partial charge in [0.05, 0.1) is 4.60 Å². The highest BCUT2D eigenvalue weighted by molar-refractivity contribution is 9.10. The fourth-order valence-electron chi connectivity index (χ4n) is 0.439. The molecule has 0 saturated carbocycles. The van der Waals surface area contributed by atoms with Gasteiger partial charge in [-0.15, -0.1) is 0 Å². The van der Waals surface area contributed by atoms with Gasteiger partial charge in [-0.3, -0.25) is 9.78 Å². The van der Waals surface area contributed by atoms with Crippen molar-refractivity contribution < 1.29 is 0 Å². The summed E-state index contributed by atoms with van der Waals surface area (Å²) in [4.78, 5) is 25.1. The van der Waals surface area contributed by atoms with Crippen molar-refractivity contribution in [2.45, 2.75) is 13.8 Å². The molecule has 0 amide bonds. The van der Waals surface area contributed by atoms with Crippen molar-refractivity contribution in [1.82, 2.24) is 9.97 Å². The third-order valence-electron chi connectivity index (χ3n) is 0.727. The van der Waals surface area contributed by atoms with E-state index in [1.807, 2.05) is 18.8 Å². The lowest BCUT2D eigenvalue weighted by molar-refractivity contribution is 1.02. The zero-order valence-electron chi connectivity index (χ0n) is 6.27. The Balaban J connectivity index is 0.000000461. The standard InChI is InChI=1S/C4H3BrN2O2.C2H6/c5-2-1-3(8)7-4(9)6-2;1-2/h1H,(H2,6,7,8,9);1-2H3. The Bertz CT molecular complexity index is 287. The number of hydrogen-bond donors (Lipinski definition) is 2. The quantitative estimate of drug-likeness (QED) is 0.638. The van der Waals surface area contributed by atoms with E-state index in [0.29, 0.717) is 4.60 Å². The van der Waals surface area contributed by atoms with E-state index in [9.17, 15) is 9.59 Å². The van der Waals surface area contributed by atoms with E-state index < -0.39 is 11.2 Å². The molecule has 4 nitrogen and oxygen atoms in total. The lowest BCUT2D eigenvalue weighted by Crippen LogP contribution is -2.20. The van der Waals surface area contributed by atoms with Gasteiger partial charge in [0.25, 0.3) is 5.56 Å². The van der Waals surface area contributed by atoms with Crippen LogP contribution >= 0.6 is 15.9 Å². The van der Waals surface area contributed by atoms with Crippen molar-refractivity contribution >= 4 is 15.9 Å². The predicted molar refractivity (Wildman–Crippen MR) is 46.7 cm³/mol. The lowest BCUT2D eigenvalue weighted by Gasteiger charge is -1.83. The molecule has 1 rings (SSSR count). The summed E-state index contributed by atoms with van der Waals surface area (Å²) in [6.45, 7) is 4.00. The number of rotatable bonds is 0. The van der Waals surface area contributed by atoms with E-state index in [0.717, 1.165) is 0 Å². The second kappa shape index (κ2) is 4.90. The number of nitrogens with one attached hydrogen (secondary N) is 2. The van der Waals surface area contributed by atoms with Crippen LogP contribution in [0.15, 0.2) is 20.3 Å². The van der Waals surface area contributed by atoms with Crippen LogP contribution in [0.4, 0.5) is 0 Å². The Hall–Kier alpha value is -0.840. The van der Waals surface area contributed by atoms with E-state index in [1.165, 1.54) is 6.07 Å². The van der Waals surface area contributed by atoms with Crippen molar-refractivity contribution in [3.8, 4) is 0 Å². The third kappa shape index (κ3) is 3.77. The minimum atomic E-state index is -0.505. The molecule has 1 heterocycles. The van der Waals surface area contributed by atoms with Crippen molar-refractivity contribution in [2.24, 2.45) is 0 Å². The molecule has 0 aromatic carbocycles. The minimum absolute atomic E-state index is 0.385. The molecule has 62 valence electrons. The summed E-state index contributed by atoms with van der Waals surface area (Å²) in [5, 5.41) is 0. The first-order valence-corrected chi connectivity index (χ1v) is 3.97. The van der Waals surface area contributed by atoms with Crippen LogP contribution < -0.4 is 11.2 Å². The Kier molecular flexibility index (Phi) is 4.52. The van der Waals surface area contributed by atoms with Gasteiger partial charge in [0.15, 0.2) is 0 Å². The third-order valence-corrected chi connectivity index (χ3v) is 1.15. The van der Waals surface area contributed by atoms with Crippen molar-refractivity contribution in [3.63, 3.8) is 0 Å². The van der Waals surface area contributed by atoms with Crippen LogP contribution in [-0.4, -0.2) is 9.97 Å². The van der Waals surface area contributed by atoms with Gasteiger partial charge in [0, 0.05) is 6.07 Å². The predicted octanol–water partition coefficient (Wildman–Crippen LogP) is 0.852. The Morgan fingerprint density at radius 1 is 1.27 bits per heavy atom. The van der Waals surface area contributed by atoms with E-state index in [2.05, 4.69) is 20.9 Å². The Morgan fingerprint density at radius 3 is 2.18 bits per heavy atom. The molecular weight excluding hydrogens is 212 g/mol. The fraction of sp³-hybridized carbons (Fsp3) is 0.333. The molecule has 1 aromatic rings. The number of H-pyrrole nitrogens is 2. The first-order chi connectivity index (χ1) is 5.18. The second-order valence-electron chi connectivity index (χ2n) is 1.44. The largest absolute Gasteiger partial charge is 0.326 e. The average Bonchev–Trinajstić information content (AvgIpc) is 1.88. The zero-order valence-corrected chi connectivity index (χ0v) is 7.86. The summed E-state index contributed by atoms with van der Waals surface area (Å²) in [6.07, 6.45) is 0. The smallest absolute Gasteiger partial charge is 0.301 e. The van der Waals surface area contributed by atoms with Crippen LogP contribution in [0.3, 0.4) is 0 Å². The first-order valence-electron chi connectivity index (χ1n) is 3.17. The lowest BCUT2D eigenvalue weighted by atomic mass is 10.7. The molecule has 11 heavy (non-hydrogen) atoms. The summed E-state index contributed by atoms with van der Waals surface area (Å²) in [7, 11) is 0. The maximum absolute atomic E-state index is 10.4. The minimum Gasteiger partial charge on any atom is -0.301 e. The highest BCUT2D eigenvalue weighted by Gasteiger charge is 1.87. The van der Waals surface area contributed by atoms with Gasteiger partial charge in [-0.05, 0) is 15.9 Å². The molecule has 0 saturated heterocycles. The summed E-state index contributed by atoms with van der Waals surface area (Å²) >= 11 is 2.94. The van der Waals surface area contributed by atoms with E-state index >= 15 is 0 Å². The van der Waals surface area contributed by atoms with Gasteiger partial charge in [-0.25, -0.2) is 4.79 Å².